The molecule has 74 valence electrons. The second-order valence-electron chi connectivity index (χ2n) is 3.23. The van der Waals surface area contributed by atoms with Gasteiger partial charge in [-0.2, -0.15) is 0 Å². The summed E-state index contributed by atoms with van der Waals surface area (Å²) in [7, 11) is 0. The Morgan fingerprint density at radius 1 is 1.43 bits per heavy atom. The summed E-state index contributed by atoms with van der Waals surface area (Å²) in [5, 5.41) is 8.72. The molecular weight excluding hydrogens is 196 g/mol. The van der Waals surface area contributed by atoms with Gasteiger partial charge in [0.25, 0.3) is 0 Å². The van der Waals surface area contributed by atoms with E-state index in [-0.39, 0.29) is 0 Å². The number of benzene rings is 1. The Balaban J connectivity index is 2.64. The molecule has 2 nitrogen and oxygen atoms in total. The highest BCUT2D eigenvalue weighted by atomic mass is 32.1. The van der Waals surface area contributed by atoms with Gasteiger partial charge in [-0.05, 0) is 12.0 Å². The quantitative estimate of drug-likeness (QED) is 0.610. The maximum atomic E-state index is 10.6. The van der Waals surface area contributed by atoms with Gasteiger partial charge in [-0.15, -0.1) is 0 Å². The molecular formula is C11H12O2S. The van der Waals surface area contributed by atoms with E-state index < -0.39 is 11.9 Å². The molecule has 14 heavy (non-hydrogen) atoms. The fourth-order valence-corrected chi connectivity index (χ4v) is 1.49. The molecule has 0 spiro atoms. The molecule has 0 saturated carbocycles. The molecule has 0 saturated heterocycles. The van der Waals surface area contributed by atoms with Crippen LogP contribution in [-0.2, 0) is 4.79 Å². The lowest BCUT2D eigenvalue weighted by Gasteiger charge is -2.07. The van der Waals surface area contributed by atoms with E-state index in [4.69, 9.17) is 17.3 Å². The van der Waals surface area contributed by atoms with Gasteiger partial charge in [0.05, 0.1) is 5.92 Å². The number of hydrogen-bond donors (Lipinski definition) is 1. The van der Waals surface area contributed by atoms with Gasteiger partial charge in [0, 0.05) is 4.86 Å². The van der Waals surface area contributed by atoms with Crippen LogP contribution >= 0.6 is 12.2 Å². The zero-order valence-electron chi connectivity index (χ0n) is 7.93. The summed E-state index contributed by atoms with van der Waals surface area (Å²) in [5.74, 6) is -1.22. The van der Waals surface area contributed by atoms with Crippen molar-refractivity contribution < 1.29 is 9.90 Å². The standard InChI is InChI=1S/C11H12O2S/c1-8(11(12)13)7-10(14)9-5-3-2-4-6-9/h2-6,8H,7H2,1H3,(H,12,13)/t8-/m0/s1. The average molecular weight is 208 g/mol. The third-order valence-electron chi connectivity index (χ3n) is 2.01. The zero-order valence-corrected chi connectivity index (χ0v) is 8.75. The van der Waals surface area contributed by atoms with Gasteiger partial charge in [0.15, 0.2) is 0 Å². The molecule has 0 amide bonds. The Kier molecular flexibility index (Phi) is 3.77. The lowest BCUT2D eigenvalue weighted by molar-refractivity contribution is -0.140. The van der Waals surface area contributed by atoms with Crippen LogP contribution in [0.2, 0.25) is 0 Å². The maximum Gasteiger partial charge on any atom is 0.306 e. The van der Waals surface area contributed by atoms with Gasteiger partial charge in [0.2, 0.25) is 0 Å². The largest absolute Gasteiger partial charge is 0.481 e. The first kappa shape index (κ1) is 10.9. The smallest absolute Gasteiger partial charge is 0.306 e. The van der Waals surface area contributed by atoms with Gasteiger partial charge in [-0.1, -0.05) is 49.5 Å². The molecule has 0 aliphatic rings. The highest BCUT2D eigenvalue weighted by Gasteiger charge is 2.13. The third kappa shape index (κ3) is 2.92. The Hall–Kier alpha value is -1.22. The lowest BCUT2D eigenvalue weighted by atomic mass is 10.0. The number of aliphatic carboxylic acids is 1. The summed E-state index contributed by atoms with van der Waals surface area (Å²) in [4.78, 5) is 11.3. The van der Waals surface area contributed by atoms with E-state index in [1.54, 1.807) is 6.92 Å². The van der Waals surface area contributed by atoms with Crippen LogP contribution in [0.3, 0.4) is 0 Å². The number of thiocarbonyl (C=S) groups is 1. The number of carboxylic acids is 1. The van der Waals surface area contributed by atoms with Crippen molar-refractivity contribution in [3.8, 4) is 0 Å². The molecule has 1 rings (SSSR count). The number of rotatable bonds is 4. The molecule has 1 N–H and O–H groups in total. The molecule has 0 unspecified atom stereocenters. The Morgan fingerprint density at radius 3 is 2.50 bits per heavy atom. The number of carbonyl (C=O) groups is 1. The summed E-state index contributed by atoms with van der Waals surface area (Å²) in [6.45, 7) is 1.66. The third-order valence-corrected chi connectivity index (χ3v) is 2.41. The van der Waals surface area contributed by atoms with Crippen molar-refractivity contribution >= 4 is 23.1 Å². The molecule has 0 aromatic heterocycles. The first-order valence-corrected chi connectivity index (χ1v) is 4.83. The van der Waals surface area contributed by atoms with Gasteiger partial charge in [-0.25, -0.2) is 0 Å². The monoisotopic (exact) mass is 208 g/mol. The van der Waals surface area contributed by atoms with Crippen molar-refractivity contribution in [2.75, 3.05) is 0 Å². The Labute approximate surface area is 88.6 Å². The topological polar surface area (TPSA) is 37.3 Å². The summed E-state index contributed by atoms with van der Waals surface area (Å²) in [6, 6.07) is 9.50. The van der Waals surface area contributed by atoms with Crippen LogP contribution in [0.15, 0.2) is 30.3 Å². The van der Waals surface area contributed by atoms with E-state index in [0.717, 1.165) is 5.56 Å². The van der Waals surface area contributed by atoms with Crippen molar-refractivity contribution in [1.29, 1.82) is 0 Å². The van der Waals surface area contributed by atoms with Crippen LogP contribution in [0.25, 0.3) is 0 Å². The van der Waals surface area contributed by atoms with Gasteiger partial charge >= 0.3 is 5.97 Å². The maximum absolute atomic E-state index is 10.6. The molecule has 1 atom stereocenters. The van der Waals surface area contributed by atoms with E-state index in [2.05, 4.69) is 0 Å². The van der Waals surface area contributed by atoms with Gasteiger partial charge in [-0.3, -0.25) is 4.79 Å². The minimum atomic E-state index is -0.803. The van der Waals surface area contributed by atoms with Crippen molar-refractivity contribution in [3.05, 3.63) is 35.9 Å². The van der Waals surface area contributed by atoms with Crippen LogP contribution in [0, 0.1) is 5.92 Å². The van der Waals surface area contributed by atoms with Crippen molar-refractivity contribution in [2.45, 2.75) is 13.3 Å². The SMILES string of the molecule is C[C@@H](CC(=S)c1ccccc1)C(=O)O. The molecule has 0 bridgehead atoms. The summed E-state index contributed by atoms with van der Waals surface area (Å²) in [6.07, 6.45) is 0.425. The average Bonchev–Trinajstić information content (AvgIpc) is 2.19. The van der Waals surface area contributed by atoms with E-state index >= 15 is 0 Å². The number of hydrogen-bond acceptors (Lipinski definition) is 2. The van der Waals surface area contributed by atoms with Crippen LogP contribution in [0.5, 0.6) is 0 Å². The molecule has 1 aromatic rings. The predicted octanol–water partition coefficient (Wildman–Crippen LogP) is 2.52. The second-order valence-corrected chi connectivity index (χ2v) is 3.73. The molecule has 0 fully saturated rings. The molecule has 0 aliphatic heterocycles. The molecule has 3 heteroatoms. The van der Waals surface area contributed by atoms with Gasteiger partial charge < -0.3 is 5.11 Å². The predicted molar refractivity (Wildman–Crippen MR) is 59.6 cm³/mol. The highest BCUT2D eigenvalue weighted by molar-refractivity contribution is 7.80. The Morgan fingerprint density at radius 2 is 2.00 bits per heavy atom. The summed E-state index contributed by atoms with van der Waals surface area (Å²) < 4.78 is 0. The minimum absolute atomic E-state index is 0.414. The van der Waals surface area contributed by atoms with Crippen molar-refractivity contribution in [2.24, 2.45) is 5.92 Å². The lowest BCUT2D eigenvalue weighted by Crippen LogP contribution is -2.13. The van der Waals surface area contributed by atoms with E-state index in [1.807, 2.05) is 30.3 Å². The molecule has 0 radical (unpaired) electrons. The first-order valence-electron chi connectivity index (χ1n) is 4.42. The molecule has 1 aromatic carbocycles. The van der Waals surface area contributed by atoms with Crippen LogP contribution < -0.4 is 0 Å². The summed E-state index contributed by atoms with van der Waals surface area (Å²) >= 11 is 5.15. The molecule has 0 aliphatic carbocycles. The van der Waals surface area contributed by atoms with Crippen LogP contribution in [0.1, 0.15) is 18.9 Å². The fraction of sp³-hybridized carbons (Fsp3) is 0.273. The van der Waals surface area contributed by atoms with Gasteiger partial charge in [0.1, 0.15) is 0 Å². The normalized spacial score (nSPS) is 12.1. The first-order chi connectivity index (χ1) is 6.61. The van der Waals surface area contributed by atoms with Crippen molar-refractivity contribution in [1.82, 2.24) is 0 Å². The zero-order chi connectivity index (χ0) is 10.6. The van der Waals surface area contributed by atoms with E-state index in [9.17, 15) is 4.79 Å². The second kappa shape index (κ2) is 4.86. The van der Waals surface area contributed by atoms with Crippen LogP contribution in [-0.4, -0.2) is 15.9 Å². The highest BCUT2D eigenvalue weighted by Crippen LogP contribution is 2.10. The summed E-state index contributed by atoms with van der Waals surface area (Å²) in [5.41, 5.74) is 0.940. The van der Waals surface area contributed by atoms with Crippen LogP contribution in [0.4, 0.5) is 0 Å². The van der Waals surface area contributed by atoms with E-state index in [1.165, 1.54) is 0 Å². The Bertz CT molecular complexity index is 332. The minimum Gasteiger partial charge on any atom is -0.481 e. The van der Waals surface area contributed by atoms with Crippen molar-refractivity contribution in [3.63, 3.8) is 0 Å². The van der Waals surface area contributed by atoms with E-state index in [0.29, 0.717) is 11.3 Å². The molecule has 0 heterocycles. The number of carboxylic acid groups (broad SMARTS) is 1. The fourth-order valence-electron chi connectivity index (χ4n) is 1.11.